The Labute approximate surface area is 129 Å². The first-order chi connectivity index (χ1) is 10.0. The largest absolute Gasteiger partial charge is 0.395 e. The van der Waals surface area contributed by atoms with Crippen LogP contribution in [-0.2, 0) is 11.8 Å². The normalized spacial score (nSPS) is 14.0. The molecule has 0 bridgehead atoms. The molecule has 0 saturated carbocycles. The van der Waals surface area contributed by atoms with Gasteiger partial charge < -0.3 is 10.8 Å². The van der Waals surface area contributed by atoms with E-state index in [2.05, 4.69) is 0 Å². The number of benzene rings is 2. The maximum Gasteiger partial charge on any atom is 0.141 e. The summed E-state index contributed by atoms with van der Waals surface area (Å²) in [5.41, 5.74) is 8.31. The molecule has 0 heterocycles. The zero-order valence-electron chi connectivity index (χ0n) is 11.9. The third-order valence-electron chi connectivity index (χ3n) is 3.94. The quantitative estimate of drug-likeness (QED) is 0.891. The summed E-state index contributed by atoms with van der Waals surface area (Å²) in [4.78, 5) is 0. The molecule has 112 valence electrons. The van der Waals surface area contributed by atoms with Crippen molar-refractivity contribution in [2.75, 3.05) is 13.2 Å². The van der Waals surface area contributed by atoms with E-state index in [4.69, 9.17) is 17.3 Å². The molecular formula is C17H19ClFNO. The highest BCUT2D eigenvalue weighted by molar-refractivity contribution is 6.30. The molecule has 3 N–H and O–H groups in total. The van der Waals surface area contributed by atoms with Crippen LogP contribution in [0.2, 0.25) is 5.02 Å². The van der Waals surface area contributed by atoms with Crippen LogP contribution in [-0.4, -0.2) is 18.3 Å². The first-order valence-corrected chi connectivity index (χ1v) is 7.21. The van der Waals surface area contributed by atoms with Crippen molar-refractivity contribution in [2.24, 2.45) is 5.73 Å². The fourth-order valence-electron chi connectivity index (χ4n) is 2.69. The van der Waals surface area contributed by atoms with Crippen LogP contribution in [0, 0.1) is 12.7 Å². The monoisotopic (exact) mass is 307 g/mol. The molecule has 0 fully saturated rings. The Kier molecular flexibility index (Phi) is 4.99. The van der Waals surface area contributed by atoms with Gasteiger partial charge in [-0.3, -0.25) is 0 Å². The third-order valence-corrected chi connectivity index (χ3v) is 4.23. The molecule has 0 aliphatic heterocycles. The van der Waals surface area contributed by atoms with Crippen LogP contribution in [0.15, 0.2) is 42.5 Å². The lowest BCUT2D eigenvalue weighted by atomic mass is 9.74. The fourth-order valence-corrected chi connectivity index (χ4v) is 2.89. The van der Waals surface area contributed by atoms with E-state index in [0.29, 0.717) is 13.0 Å². The minimum Gasteiger partial charge on any atom is -0.395 e. The Balaban J connectivity index is 2.43. The van der Waals surface area contributed by atoms with Crippen molar-refractivity contribution >= 4 is 11.6 Å². The molecule has 0 radical (unpaired) electrons. The highest BCUT2D eigenvalue weighted by Gasteiger charge is 2.31. The Morgan fingerprint density at radius 1 is 1.24 bits per heavy atom. The second-order valence-corrected chi connectivity index (χ2v) is 5.79. The molecule has 0 saturated heterocycles. The van der Waals surface area contributed by atoms with E-state index in [0.717, 1.165) is 16.7 Å². The maximum absolute atomic E-state index is 13.3. The molecule has 1 atom stereocenters. The van der Waals surface area contributed by atoms with Gasteiger partial charge in [0.05, 0.1) is 11.6 Å². The minimum absolute atomic E-state index is 0.0800. The van der Waals surface area contributed by atoms with E-state index in [1.165, 1.54) is 6.07 Å². The van der Waals surface area contributed by atoms with E-state index in [1.807, 2.05) is 31.2 Å². The van der Waals surface area contributed by atoms with Crippen molar-refractivity contribution in [3.05, 3.63) is 70.0 Å². The van der Waals surface area contributed by atoms with E-state index in [1.54, 1.807) is 12.1 Å². The summed E-state index contributed by atoms with van der Waals surface area (Å²) in [6, 6.07) is 12.5. The number of halogens is 2. The van der Waals surface area contributed by atoms with Crippen LogP contribution in [0.25, 0.3) is 0 Å². The Bertz CT molecular complexity index is 626. The molecule has 0 aliphatic rings. The highest BCUT2D eigenvalue weighted by atomic mass is 35.5. The van der Waals surface area contributed by atoms with E-state index >= 15 is 0 Å². The number of hydrogen-bond donors (Lipinski definition) is 2. The summed E-state index contributed by atoms with van der Waals surface area (Å²) in [5, 5.41) is 10.0. The van der Waals surface area contributed by atoms with Gasteiger partial charge in [-0.25, -0.2) is 4.39 Å². The summed E-state index contributed by atoms with van der Waals surface area (Å²) in [7, 11) is 0. The second kappa shape index (κ2) is 6.56. The highest BCUT2D eigenvalue weighted by Crippen LogP contribution is 2.31. The van der Waals surface area contributed by atoms with Crippen molar-refractivity contribution in [2.45, 2.75) is 18.8 Å². The van der Waals surface area contributed by atoms with Gasteiger partial charge in [0.2, 0.25) is 0 Å². The smallest absolute Gasteiger partial charge is 0.141 e. The van der Waals surface area contributed by atoms with Crippen molar-refractivity contribution in [3.63, 3.8) is 0 Å². The van der Waals surface area contributed by atoms with Crippen LogP contribution in [0.4, 0.5) is 4.39 Å². The van der Waals surface area contributed by atoms with Gasteiger partial charge in [0, 0.05) is 12.0 Å². The van der Waals surface area contributed by atoms with Gasteiger partial charge in [0.15, 0.2) is 0 Å². The van der Waals surface area contributed by atoms with Gasteiger partial charge in [-0.2, -0.15) is 0 Å². The predicted octanol–water partition coefficient (Wildman–Crippen LogP) is 3.22. The molecule has 2 aromatic rings. The lowest BCUT2D eigenvalue weighted by molar-refractivity contribution is 0.195. The van der Waals surface area contributed by atoms with Gasteiger partial charge in [-0.05, 0) is 42.2 Å². The lowest BCUT2D eigenvalue weighted by Gasteiger charge is -2.33. The van der Waals surface area contributed by atoms with Gasteiger partial charge in [0.25, 0.3) is 0 Å². The maximum atomic E-state index is 13.3. The first kappa shape index (κ1) is 16.0. The van der Waals surface area contributed by atoms with Crippen LogP contribution in [0.1, 0.15) is 16.7 Å². The van der Waals surface area contributed by atoms with Gasteiger partial charge in [-0.1, -0.05) is 41.9 Å². The van der Waals surface area contributed by atoms with E-state index in [-0.39, 0.29) is 11.6 Å². The van der Waals surface area contributed by atoms with Crippen molar-refractivity contribution < 1.29 is 9.50 Å². The molecule has 2 nitrogen and oxygen atoms in total. The van der Waals surface area contributed by atoms with Crippen LogP contribution in [0.5, 0.6) is 0 Å². The molecule has 0 aliphatic carbocycles. The molecule has 21 heavy (non-hydrogen) atoms. The topological polar surface area (TPSA) is 46.2 Å². The molecule has 1 unspecified atom stereocenters. The number of aliphatic hydroxyl groups excluding tert-OH is 1. The lowest BCUT2D eigenvalue weighted by Crippen LogP contribution is -2.41. The summed E-state index contributed by atoms with van der Waals surface area (Å²) < 4.78 is 13.3. The molecule has 2 aromatic carbocycles. The van der Waals surface area contributed by atoms with Crippen molar-refractivity contribution in [1.29, 1.82) is 0 Å². The predicted molar refractivity (Wildman–Crippen MR) is 84.1 cm³/mol. The summed E-state index contributed by atoms with van der Waals surface area (Å²) in [6.45, 7) is 2.21. The Morgan fingerprint density at radius 2 is 1.95 bits per heavy atom. The SMILES string of the molecule is Cc1ccccc1C(CN)(CO)Cc1ccc(F)c(Cl)c1. The standard InChI is InChI=1S/C17H19ClFNO/c1-12-4-2-3-5-14(12)17(10-20,11-21)9-13-6-7-16(19)15(18)8-13/h2-8,21H,9-11,20H2,1H3. The number of aryl methyl sites for hydroxylation is 1. The van der Waals surface area contributed by atoms with Gasteiger partial charge in [-0.15, -0.1) is 0 Å². The van der Waals surface area contributed by atoms with Crippen LogP contribution >= 0.6 is 11.6 Å². The fraction of sp³-hybridized carbons (Fsp3) is 0.294. The minimum atomic E-state index is -0.591. The third kappa shape index (κ3) is 3.26. The molecule has 0 spiro atoms. The summed E-state index contributed by atoms with van der Waals surface area (Å²) >= 11 is 5.84. The van der Waals surface area contributed by atoms with Crippen molar-refractivity contribution in [1.82, 2.24) is 0 Å². The molecule has 4 heteroatoms. The number of hydrogen-bond acceptors (Lipinski definition) is 2. The molecule has 0 aromatic heterocycles. The zero-order chi connectivity index (χ0) is 15.5. The van der Waals surface area contributed by atoms with E-state index < -0.39 is 11.2 Å². The first-order valence-electron chi connectivity index (χ1n) is 6.83. The number of aliphatic hydroxyl groups is 1. The zero-order valence-corrected chi connectivity index (χ0v) is 12.7. The summed E-state index contributed by atoms with van der Waals surface area (Å²) in [6.07, 6.45) is 0.505. The second-order valence-electron chi connectivity index (χ2n) is 5.38. The number of nitrogens with two attached hydrogens (primary N) is 1. The Morgan fingerprint density at radius 3 is 2.52 bits per heavy atom. The van der Waals surface area contributed by atoms with Crippen LogP contribution < -0.4 is 5.73 Å². The molecule has 0 amide bonds. The number of rotatable bonds is 5. The van der Waals surface area contributed by atoms with Gasteiger partial charge in [0.1, 0.15) is 5.82 Å². The molecular weight excluding hydrogens is 289 g/mol. The molecule has 2 rings (SSSR count). The average molecular weight is 308 g/mol. The van der Waals surface area contributed by atoms with E-state index in [9.17, 15) is 9.50 Å². The average Bonchev–Trinajstić information content (AvgIpc) is 2.49. The van der Waals surface area contributed by atoms with Crippen molar-refractivity contribution in [3.8, 4) is 0 Å². The van der Waals surface area contributed by atoms with Crippen LogP contribution in [0.3, 0.4) is 0 Å². The summed E-state index contributed by atoms with van der Waals surface area (Å²) in [5.74, 6) is -0.446. The van der Waals surface area contributed by atoms with Gasteiger partial charge >= 0.3 is 0 Å². The Hall–Kier alpha value is -1.42.